The molecule has 0 aliphatic heterocycles. The number of anilines is 1. The number of nitrogens with zero attached hydrogens (tertiary/aromatic N) is 3. The zero-order chi connectivity index (χ0) is 23.3. The lowest BCUT2D eigenvalue weighted by Gasteiger charge is -2.09. The molecule has 0 saturated heterocycles. The van der Waals surface area contributed by atoms with Crippen LogP contribution in [0.2, 0.25) is 0 Å². The van der Waals surface area contributed by atoms with Gasteiger partial charge in [0.15, 0.2) is 15.0 Å². The number of carbonyl (C=O) groups excluding carboxylic acids is 1. The van der Waals surface area contributed by atoms with Gasteiger partial charge in [0, 0.05) is 12.2 Å². The van der Waals surface area contributed by atoms with E-state index >= 15 is 0 Å². The number of carboxylic acid groups (broad SMARTS) is 1. The molecule has 0 unspecified atom stereocenters. The normalized spacial score (nSPS) is 11.3. The van der Waals surface area contributed by atoms with Gasteiger partial charge in [-0.2, -0.15) is 0 Å². The average Bonchev–Trinajstić information content (AvgIpc) is 3.13. The second-order valence-electron chi connectivity index (χ2n) is 6.94. The minimum absolute atomic E-state index is 0.000143. The maximum absolute atomic E-state index is 12.7. The van der Waals surface area contributed by atoms with Gasteiger partial charge in [-0.25, -0.2) is 13.2 Å². The number of aryl methyl sites for hydroxylation is 1. The number of hydrogen-bond acceptors (Lipinski definition) is 7. The van der Waals surface area contributed by atoms with E-state index < -0.39 is 15.8 Å². The van der Waals surface area contributed by atoms with Crippen molar-refractivity contribution in [3.8, 4) is 0 Å². The van der Waals surface area contributed by atoms with Crippen LogP contribution in [0.25, 0.3) is 0 Å². The van der Waals surface area contributed by atoms with E-state index in [-0.39, 0.29) is 27.9 Å². The number of sulfone groups is 1. The maximum atomic E-state index is 12.7. The fourth-order valence-electron chi connectivity index (χ4n) is 2.91. The van der Waals surface area contributed by atoms with Crippen molar-refractivity contribution in [2.75, 3.05) is 11.1 Å². The van der Waals surface area contributed by atoms with Crippen LogP contribution >= 0.6 is 11.8 Å². The summed E-state index contributed by atoms with van der Waals surface area (Å²) < 4.78 is 27.1. The molecular formula is C21H22N4O5S2. The highest BCUT2D eigenvalue weighted by molar-refractivity contribution is 7.99. The first-order chi connectivity index (χ1) is 15.2. The number of carboxylic acids is 1. The highest BCUT2D eigenvalue weighted by Crippen LogP contribution is 2.21. The molecule has 32 heavy (non-hydrogen) atoms. The van der Waals surface area contributed by atoms with Gasteiger partial charge in [0.1, 0.15) is 11.6 Å². The molecule has 3 rings (SSSR count). The molecule has 0 fully saturated rings. The van der Waals surface area contributed by atoms with Crippen LogP contribution in [0.15, 0.2) is 58.6 Å². The summed E-state index contributed by atoms with van der Waals surface area (Å²) in [4.78, 5) is 23.5. The lowest BCUT2D eigenvalue weighted by atomic mass is 10.2. The molecule has 0 atom stereocenters. The summed E-state index contributed by atoms with van der Waals surface area (Å²) in [6.45, 7) is 4.16. The molecular weight excluding hydrogens is 452 g/mol. The number of amides is 1. The molecule has 9 nitrogen and oxygen atoms in total. The van der Waals surface area contributed by atoms with E-state index in [1.54, 1.807) is 41.0 Å². The van der Waals surface area contributed by atoms with Crippen molar-refractivity contribution in [1.82, 2.24) is 14.8 Å². The van der Waals surface area contributed by atoms with Crippen LogP contribution in [0.3, 0.4) is 0 Å². The van der Waals surface area contributed by atoms with Gasteiger partial charge >= 0.3 is 5.97 Å². The smallest absolute Gasteiger partial charge is 0.335 e. The van der Waals surface area contributed by atoms with Gasteiger partial charge in [0.05, 0.1) is 16.2 Å². The molecule has 168 valence electrons. The Morgan fingerprint density at radius 1 is 1.12 bits per heavy atom. The van der Waals surface area contributed by atoms with Crippen molar-refractivity contribution in [1.29, 1.82) is 0 Å². The topological polar surface area (TPSA) is 131 Å². The predicted molar refractivity (Wildman–Crippen MR) is 121 cm³/mol. The molecule has 2 N–H and O–H groups in total. The number of benzene rings is 2. The van der Waals surface area contributed by atoms with E-state index in [1.165, 1.54) is 12.1 Å². The van der Waals surface area contributed by atoms with Crippen LogP contribution in [-0.2, 0) is 26.9 Å². The lowest BCUT2D eigenvalue weighted by molar-refractivity contribution is -0.113. The molecule has 1 heterocycles. The van der Waals surface area contributed by atoms with Crippen LogP contribution in [0.1, 0.15) is 28.7 Å². The van der Waals surface area contributed by atoms with Crippen molar-refractivity contribution in [3.63, 3.8) is 0 Å². The van der Waals surface area contributed by atoms with Gasteiger partial charge in [-0.05, 0) is 44.2 Å². The Labute approximate surface area is 189 Å². The first-order valence-electron chi connectivity index (χ1n) is 9.67. The van der Waals surface area contributed by atoms with Gasteiger partial charge in [-0.15, -0.1) is 10.2 Å². The fourth-order valence-corrected chi connectivity index (χ4v) is 5.00. The fraction of sp³-hybridized carbons (Fsp3) is 0.238. The molecule has 1 aromatic heterocycles. The van der Waals surface area contributed by atoms with Crippen molar-refractivity contribution >= 4 is 39.2 Å². The molecule has 3 aromatic rings. The predicted octanol–water partition coefficient (Wildman–Crippen LogP) is 3.01. The van der Waals surface area contributed by atoms with Gasteiger partial charge < -0.3 is 15.0 Å². The summed E-state index contributed by atoms with van der Waals surface area (Å²) in [6.07, 6.45) is 0. The molecule has 1 amide bonds. The number of aromatic nitrogens is 3. The quantitative estimate of drug-likeness (QED) is 0.453. The van der Waals surface area contributed by atoms with Crippen LogP contribution in [0.5, 0.6) is 0 Å². The van der Waals surface area contributed by atoms with E-state index in [0.29, 0.717) is 23.2 Å². The van der Waals surface area contributed by atoms with E-state index in [2.05, 4.69) is 15.5 Å². The van der Waals surface area contributed by atoms with Crippen molar-refractivity contribution in [3.05, 3.63) is 65.5 Å². The van der Waals surface area contributed by atoms with Gasteiger partial charge in [-0.1, -0.05) is 35.5 Å². The molecule has 0 radical (unpaired) electrons. The Kier molecular flexibility index (Phi) is 7.31. The van der Waals surface area contributed by atoms with E-state index in [0.717, 1.165) is 17.3 Å². The van der Waals surface area contributed by atoms with Gasteiger partial charge in [0.2, 0.25) is 5.91 Å². The zero-order valence-corrected chi connectivity index (χ0v) is 19.1. The van der Waals surface area contributed by atoms with Crippen LogP contribution in [0.4, 0.5) is 5.69 Å². The Bertz CT molecular complexity index is 1240. The zero-order valence-electron chi connectivity index (χ0n) is 17.5. The van der Waals surface area contributed by atoms with E-state index in [1.807, 2.05) is 13.8 Å². The van der Waals surface area contributed by atoms with Crippen molar-refractivity contribution in [2.45, 2.75) is 36.2 Å². The maximum Gasteiger partial charge on any atom is 0.335 e. The monoisotopic (exact) mass is 474 g/mol. The molecule has 0 aliphatic carbocycles. The first-order valence-corrected chi connectivity index (χ1v) is 12.3. The van der Waals surface area contributed by atoms with Crippen molar-refractivity contribution in [2.24, 2.45) is 0 Å². The number of nitrogens with one attached hydrogen (secondary N) is 1. The summed E-state index contributed by atoms with van der Waals surface area (Å²) >= 11 is 1.12. The molecule has 0 saturated carbocycles. The number of rotatable bonds is 9. The highest BCUT2D eigenvalue weighted by atomic mass is 32.2. The van der Waals surface area contributed by atoms with E-state index in [4.69, 9.17) is 5.11 Å². The van der Waals surface area contributed by atoms with Crippen LogP contribution < -0.4 is 5.32 Å². The van der Waals surface area contributed by atoms with Gasteiger partial charge in [-0.3, -0.25) is 4.79 Å². The SMILES string of the molecule is CCn1c(CS(=O)(=O)c2ccc(C)cc2)nnc1SCC(=O)Nc1cccc(C(=O)O)c1. The summed E-state index contributed by atoms with van der Waals surface area (Å²) in [5.74, 6) is -1.44. The molecule has 11 heteroatoms. The largest absolute Gasteiger partial charge is 0.478 e. The summed E-state index contributed by atoms with van der Waals surface area (Å²) in [6, 6.07) is 12.6. The third-order valence-electron chi connectivity index (χ3n) is 4.53. The number of hydrogen-bond donors (Lipinski definition) is 2. The summed E-state index contributed by atoms with van der Waals surface area (Å²) in [7, 11) is -3.59. The third-order valence-corrected chi connectivity index (χ3v) is 7.13. The Balaban J connectivity index is 1.67. The summed E-state index contributed by atoms with van der Waals surface area (Å²) in [5, 5.41) is 20.2. The minimum Gasteiger partial charge on any atom is -0.478 e. The number of aromatic carboxylic acids is 1. The van der Waals surface area contributed by atoms with E-state index in [9.17, 15) is 18.0 Å². The molecule has 2 aromatic carbocycles. The first kappa shape index (κ1) is 23.5. The standard InChI is InChI=1S/C21H22N4O5S2/c1-3-25-18(13-32(29,30)17-9-7-14(2)8-10-17)23-24-21(25)31-12-19(26)22-16-6-4-5-15(11-16)20(27)28/h4-11H,3,12-13H2,1-2H3,(H,22,26)(H,27,28). The van der Waals surface area contributed by atoms with Crippen molar-refractivity contribution < 1.29 is 23.1 Å². The summed E-state index contributed by atoms with van der Waals surface area (Å²) in [5.41, 5.74) is 1.41. The number of thioether (sulfide) groups is 1. The third kappa shape index (κ3) is 5.74. The molecule has 0 bridgehead atoms. The van der Waals surface area contributed by atoms with Gasteiger partial charge in [0.25, 0.3) is 0 Å². The number of carbonyl (C=O) groups is 2. The second-order valence-corrected chi connectivity index (χ2v) is 9.87. The molecule has 0 spiro atoms. The minimum atomic E-state index is -3.59. The Morgan fingerprint density at radius 3 is 2.50 bits per heavy atom. The molecule has 0 aliphatic rings. The lowest BCUT2D eigenvalue weighted by Crippen LogP contribution is -2.15. The Morgan fingerprint density at radius 2 is 1.84 bits per heavy atom. The van der Waals surface area contributed by atoms with Crippen LogP contribution in [0, 0.1) is 6.92 Å². The average molecular weight is 475 g/mol. The second kappa shape index (κ2) is 9.96. The highest BCUT2D eigenvalue weighted by Gasteiger charge is 2.21. The Hall–Kier alpha value is -3.18. The van der Waals surface area contributed by atoms with Crippen LogP contribution in [-0.4, -0.2) is 45.9 Å².